The standard InChI is InChI=1S/C16H21NO3/c1-3-13(18)9-10-17-14(19)11-16(2,15(17)20)12-7-5-4-6-8-12/h4-8,13,18H,3,9-11H2,1-2H3. The zero-order valence-corrected chi connectivity index (χ0v) is 12.0. The number of aliphatic hydroxyl groups excluding tert-OH is 1. The lowest BCUT2D eigenvalue weighted by Crippen LogP contribution is -2.38. The van der Waals surface area contributed by atoms with Crippen molar-refractivity contribution in [1.29, 1.82) is 0 Å². The van der Waals surface area contributed by atoms with Gasteiger partial charge in [0.1, 0.15) is 0 Å². The molecule has 4 nitrogen and oxygen atoms in total. The van der Waals surface area contributed by atoms with Crippen molar-refractivity contribution in [2.75, 3.05) is 6.54 Å². The van der Waals surface area contributed by atoms with Gasteiger partial charge in [-0.05, 0) is 25.3 Å². The Labute approximate surface area is 119 Å². The van der Waals surface area contributed by atoms with Crippen molar-refractivity contribution >= 4 is 11.8 Å². The lowest BCUT2D eigenvalue weighted by atomic mass is 9.81. The van der Waals surface area contributed by atoms with Gasteiger partial charge in [-0.25, -0.2) is 0 Å². The number of nitrogens with zero attached hydrogens (tertiary/aromatic N) is 1. The van der Waals surface area contributed by atoms with Crippen LogP contribution < -0.4 is 0 Å². The average Bonchev–Trinajstić information content (AvgIpc) is 2.69. The fourth-order valence-electron chi connectivity index (χ4n) is 2.62. The summed E-state index contributed by atoms with van der Waals surface area (Å²) >= 11 is 0. The number of amides is 2. The van der Waals surface area contributed by atoms with Gasteiger partial charge >= 0.3 is 0 Å². The summed E-state index contributed by atoms with van der Waals surface area (Å²) in [5.41, 5.74) is 0.104. The SMILES string of the molecule is CCC(O)CCN1C(=O)CC(C)(c2ccccc2)C1=O. The van der Waals surface area contributed by atoms with Gasteiger partial charge in [0.2, 0.25) is 11.8 Å². The van der Waals surface area contributed by atoms with Crippen molar-refractivity contribution in [1.82, 2.24) is 4.90 Å². The van der Waals surface area contributed by atoms with Gasteiger partial charge in [0.25, 0.3) is 0 Å². The topological polar surface area (TPSA) is 57.6 Å². The van der Waals surface area contributed by atoms with Crippen LogP contribution in [0.5, 0.6) is 0 Å². The van der Waals surface area contributed by atoms with Crippen LogP contribution in [-0.2, 0) is 15.0 Å². The summed E-state index contributed by atoms with van der Waals surface area (Å²) in [7, 11) is 0. The Kier molecular flexibility index (Phi) is 4.23. The maximum atomic E-state index is 12.6. The quantitative estimate of drug-likeness (QED) is 0.835. The van der Waals surface area contributed by atoms with E-state index in [1.165, 1.54) is 4.90 Å². The van der Waals surface area contributed by atoms with Crippen molar-refractivity contribution in [2.24, 2.45) is 0 Å². The smallest absolute Gasteiger partial charge is 0.240 e. The van der Waals surface area contributed by atoms with E-state index in [4.69, 9.17) is 0 Å². The molecule has 20 heavy (non-hydrogen) atoms. The third kappa shape index (κ3) is 2.61. The van der Waals surface area contributed by atoms with Crippen LogP contribution >= 0.6 is 0 Å². The molecule has 0 bridgehead atoms. The van der Waals surface area contributed by atoms with Gasteiger partial charge in [-0.15, -0.1) is 0 Å². The van der Waals surface area contributed by atoms with E-state index in [0.29, 0.717) is 19.4 Å². The van der Waals surface area contributed by atoms with E-state index in [1.54, 1.807) is 0 Å². The molecule has 1 N–H and O–H groups in total. The van der Waals surface area contributed by atoms with E-state index in [1.807, 2.05) is 44.2 Å². The van der Waals surface area contributed by atoms with E-state index >= 15 is 0 Å². The predicted molar refractivity (Wildman–Crippen MR) is 76.0 cm³/mol. The molecule has 1 aliphatic heterocycles. The maximum Gasteiger partial charge on any atom is 0.240 e. The monoisotopic (exact) mass is 275 g/mol. The molecule has 2 unspecified atom stereocenters. The molecule has 0 saturated carbocycles. The first-order valence-electron chi connectivity index (χ1n) is 7.07. The third-order valence-electron chi connectivity index (χ3n) is 4.09. The summed E-state index contributed by atoms with van der Waals surface area (Å²) < 4.78 is 0. The van der Waals surface area contributed by atoms with Crippen LogP contribution in [0.15, 0.2) is 30.3 Å². The zero-order valence-electron chi connectivity index (χ0n) is 12.0. The van der Waals surface area contributed by atoms with Gasteiger partial charge in [0, 0.05) is 13.0 Å². The normalized spacial score (nSPS) is 24.2. The molecule has 1 aliphatic rings. The summed E-state index contributed by atoms with van der Waals surface area (Å²) in [5.74, 6) is -0.304. The summed E-state index contributed by atoms with van der Waals surface area (Å²) in [6.45, 7) is 4.00. The lowest BCUT2D eigenvalue weighted by molar-refractivity contribution is -0.140. The number of hydrogen-bond donors (Lipinski definition) is 1. The summed E-state index contributed by atoms with van der Waals surface area (Å²) in [6, 6.07) is 9.41. The highest BCUT2D eigenvalue weighted by Crippen LogP contribution is 2.36. The molecule has 1 aromatic rings. The van der Waals surface area contributed by atoms with E-state index in [2.05, 4.69) is 0 Å². The molecule has 1 saturated heterocycles. The highest BCUT2D eigenvalue weighted by atomic mass is 16.3. The first-order valence-corrected chi connectivity index (χ1v) is 7.07. The van der Waals surface area contributed by atoms with Gasteiger partial charge in [-0.2, -0.15) is 0 Å². The van der Waals surface area contributed by atoms with E-state index < -0.39 is 11.5 Å². The molecule has 2 rings (SSSR count). The Balaban J connectivity index is 2.16. The summed E-state index contributed by atoms with van der Waals surface area (Å²) in [6.07, 6.45) is 0.822. The number of aliphatic hydroxyl groups is 1. The molecular formula is C16H21NO3. The summed E-state index contributed by atoms with van der Waals surface area (Å²) in [5, 5.41) is 9.59. The van der Waals surface area contributed by atoms with Crippen molar-refractivity contribution in [3.05, 3.63) is 35.9 Å². The van der Waals surface area contributed by atoms with Gasteiger partial charge in [-0.3, -0.25) is 14.5 Å². The van der Waals surface area contributed by atoms with Crippen LogP contribution in [-0.4, -0.2) is 34.5 Å². The van der Waals surface area contributed by atoms with Crippen LogP contribution in [0.3, 0.4) is 0 Å². The zero-order chi connectivity index (χ0) is 14.8. The Morgan fingerprint density at radius 2 is 1.95 bits per heavy atom. The number of likely N-dealkylation sites (tertiary alicyclic amines) is 1. The largest absolute Gasteiger partial charge is 0.393 e. The number of carbonyl (C=O) groups is 2. The van der Waals surface area contributed by atoms with Gasteiger partial charge in [0.05, 0.1) is 11.5 Å². The molecule has 2 atom stereocenters. The molecule has 2 amide bonds. The Morgan fingerprint density at radius 3 is 2.55 bits per heavy atom. The molecule has 0 aromatic heterocycles. The second-order valence-electron chi connectivity index (χ2n) is 5.58. The molecule has 0 spiro atoms. The Bertz CT molecular complexity index is 500. The van der Waals surface area contributed by atoms with Crippen LogP contribution in [0.4, 0.5) is 0 Å². The molecule has 1 heterocycles. The van der Waals surface area contributed by atoms with E-state index in [9.17, 15) is 14.7 Å². The van der Waals surface area contributed by atoms with E-state index in [-0.39, 0.29) is 18.2 Å². The fourth-order valence-corrected chi connectivity index (χ4v) is 2.62. The number of benzene rings is 1. The Hall–Kier alpha value is -1.68. The minimum absolute atomic E-state index is 0.148. The predicted octanol–water partition coefficient (Wildman–Crippen LogP) is 1.86. The van der Waals surface area contributed by atoms with Gasteiger partial charge in [-0.1, -0.05) is 37.3 Å². The summed E-state index contributed by atoms with van der Waals surface area (Å²) in [4.78, 5) is 26.0. The van der Waals surface area contributed by atoms with E-state index in [0.717, 1.165) is 5.56 Å². The highest BCUT2D eigenvalue weighted by molar-refractivity contribution is 6.08. The number of imide groups is 1. The number of rotatable bonds is 5. The molecule has 0 radical (unpaired) electrons. The average molecular weight is 275 g/mol. The number of carbonyl (C=O) groups excluding carboxylic acids is 2. The van der Waals surface area contributed by atoms with Crippen molar-refractivity contribution < 1.29 is 14.7 Å². The van der Waals surface area contributed by atoms with Crippen molar-refractivity contribution in [3.63, 3.8) is 0 Å². The Morgan fingerprint density at radius 1 is 1.30 bits per heavy atom. The van der Waals surface area contributed by atoms with Crippen LogP contribution in [0, 0.1) is 0 Å². The van der Waals surface area contributed by atoms with Crippen LogP contribution in [0.1, 0.15) is 38.7 Å². The van der Waals surface area contributed by atoms with Gasteiger partial charge < -0.3 is 5.11 Å². The van der Waals surface area contributed by atoms with Crippen LogP contribution in [0.2, 0.25) is 0 Å². The molecule has 1 fully saturated rings. The lowest BCUT2D eigenvalue weighted by Gasteiger charge is -2.23. The van der Waals surface area contributed by atoms with Crippen molar-refractivity contribution in [2.45, 2.75) is 44.6 Å². The first kappa shape index (κ1) is 14.7. The fraction of sp³-hybridized carbons (Fsp3) is 0.500. The molecule has 4 heteroatoms. The van der Waals surface area contributed by atoms with Crippen molar-refractivity contribution in [3.8, 4) is 0 Å². The second kappa shape index (κ2) is 5.75. The minimum Gasteiger partial charge on any atom is -0.393 e. The second-order valence-corrected chi connectivity index (χ2v) is 5.58. The molecule has 108 valence electrons. The van der Waals surface area contributed by atoms with Crippen LogP contribution in [0.25, 0.3) is 0 Å². The minimum atomic E-state index is -0.768. The first-order chi connectivity index (χ1) is 9.49. The third-order valence-corrected chi connectivity index (χ3v) is 4.09. The number of hydrogen-bond acceptors (Lipinski definition) is 3. The molecule has 1 aromatic carbocycles. The molecule has 0 aliphatic carbocycles. The molecular weight excluding hydrogens is 254 g/mol. The maximum absolute atomic E-state index is 12.6. The highest BCUT2D eigenvalue weighted by Gasteiger charge is 2.48. The van der Waals surface area contributed by atoms with Gasteiger partial charge in [0.15, 0.2) is 0 Å².